The van der Waals surface area contributed by atoms with Crippen LogP contribution in [0.15, 0.2) is 60.9 Å². The molecule has 0 aliphatic carbocycles. The molecule has 0 saturated heterocycles. The number of carbonyl (C=O) groups excluding carboxylic acids is 1. The quantitative estimate of drug-likeness (QED) is 0.494. The zero-order chi connectivity index (χ0) is 17.4. The molecule has 24 heavy (non-hydrogen) atoms. The van der Waals surface area contributed by atoms with E-state index >= 15 is 0 Å². The van der Waals surface area contributed by atoms with Crippen molar-refractivity contribution >= 4 is 28.9 Å². The van der Waals surface area contributed by atoms with Crippen LogP contribution in [0.5, 0.6) is 0 Å². The van der Waals surface area contributed by atoms with Crippen molar-refractivity contribution in [2.24, 2.45) is 0 Å². The van der Waals surface area contributed by atoms with Crippen molar-refractivity contribution in [3.8, 4) is 0 Å². The molecule has 0 aliphatic rings. The number of hydrogen-bond acceptors (Lipinski definition) is 5. The van der Waals surface area contributed by atoms with Gasteiger partial charge in [-0.1, -0.05) is 24.3 Å². The van der Waals surface area contributed by atoms with Gasteiger partial charge in [-0.3, -0.25) is 9.97 Å². The summed E-state index contributed by atoms with van der Waals surface area (Å²) in [7, 11) is 0. The highest BCUT2D eigenvalue weighted by molar-refractivity contribution is 5.74. The van der Waals surface area contributed by atoms with Crippen LogP contribution in [0.2, 0.25) is 0 Å². The van der Waals surface area contributed by atoms with Crippen molar-refractivity contribution in [2.45, 2.75) is 13.8 Å². The molecule has 2 aromatic heterocycles. The molecule has 0 unspecified atom stereocenters. The third-order valence-electron chi connectivity index (χ3n) is 3.14. The van der Waals surface area contributed by atoms with Crippen molar-refractivity contribution in [3.63, 3.8) is 0 Å². The minimum atomic E-state index is 0.957. The Bertz CT molecular complexity index is 863. The molecule has 0 fully saturated rings. The van der Waals surface area contributed by atoms with Crippen LogP contribution in [-0.4, -0.2) is 26.7 Å². The van der Waals surface area contributed by atoms with Gasteiger partial charge in [-0.25, -0.2) is 9.97 Å². The third kappa shape index (κ3) is 4.39. The summed E-state index contributed by atoms with van der Waals surface area (Å²) in [5.74, 6) is 0. The van der Waals surface area contributed by atoms with Crippen LogP contribution in [0.1, 0.15) is 11.4 Å². The largest absolute Gasteiger partial charge is 0.307 e. The first kappa shape index (κ1) is 17.1. The summed E-state index contributed by atoms with van der Waals surface area (Å²) in [6, 6.07) is 15.7. The van der Waals surface area contributed by atoms with E-state index in [-0.39, 0.29) is 0 Å². The molecular weight excluding hydrogens is 300 g/mol. The van der Waals surface area contributed by atoms with Gasteiger partial charge in [0.25, 0.3) is 0 Å². The molecule has 0 atom stereocenters. The first-order valence-electron chi connectivity index (χ1n) is 7.38. The van der Waals surface area contributed by atoms with E-state index in [0.717, 1.165) is 33.5 Å². The second kappa shape index (κ2) is 8.43. The second-order valence-electron chi connectivity index (χ2n) is 5.00. The summed E-state index contributed by atoms with van der Waals surface area (Å²) in [6.45, 7) is 5.89. The van der Waals surface area contributed by atoms with E-state index in [0.29, 0.717) is 0 Å². The molecule has 0 N–H and O–H groups in total. The Morgan fingerprint density at radius 2 is 0.958 bits per heavy atom. The molecule has 0 radical (unpaired) electrons. The van der Waals surface area contributed by atoms with Crippen molar-refractivity contribution < 1.29 is 4.79 Å². The Morgan fingerprint density at radius 3 is 1.33 bits per heavy atom. The lowest BCUT2D eigenvalue weighted by Crippen LogP contribution is -1.85. The Balaban J connectivity index is 0.000000158. The van der Waals surface area contributed by atoms with Gasteiger partial charge in [-0.2, -0.15) is 0 Å². The second-order valence-corrected chi connectivity index (χ2v) is 5.00. The number of nitrogens with zero attached hydrogens (tertiary/aromatic N) is 4. The summed E-state index contributed by atoms with van der Waals surface area (Å²) in [6.07, 6.45) is 3.56. The van der Waals surface area contributed by atoms with E-state index in [1.807, 2.05) is 69.2 Å². The molecule has 2 aromatic carbocycles. The fourth-order valence-electron chi connectivity index (χ4n) is 2.10. The SMILES string of the molecule is C=O.Cc1cnc2ccccc2n1.Cc1cnc2ccccc2n1. The maximum absolute atomic E-state index is 8.00. The summed E-state index contributed by atoms with van der Waals surface area (Å²) in [5, 5.41) is 0. The van der Waals surface area contributed by atoms with E-state index in [1.165, 1.54) is 0 Å². The van der Waals surface area contributed by atoms with Gasteiger partial charge in [0, 0.05) is 12.4 Å². The van der Waals surface area contributed by atoms with Crippen LogP contribution in [0, 0.1) is 13.8 Å². The number of rotatable bonds is 0. The van der Waals surface area contributed by atoms with Gasteiger partial charge < -0.3 is 4.79 Å². The number of aryl methyl sites for hydroxylation is 2. The number of hydrogen-bond donors (Lipinski definition) is 0. The molecule has 0 saturated carbocycles. The maximum Gasteiger partial charge on any atom is 0.106 e. The van der Waals surface area contributed by atoms with Gasteiger partial charge in [0.15, 0.2) is 0 Å². The highest BCUT2D eigenvalue weighted by Crippen LogP contribution is 2.07. The topological polar surface area (TPSA) is 68.6 Å². The molecule has 5 heteroatoms. The van der Waals surface area contributed by atoms with Crippen molar-refractivity contribution in [1.82, 2.24) is 19.9 Å². The molecule has 0 spiro atoms. The lowest BCUT2D eigenvalue weighted by Gasteiger charge is -1.95. The van der Waals surface area contributed by atoms with Gasteiger partial charge in [0.05, 0.1) is 33.5 Å². The van der Waals surface area contributed by atoms with Crippen LogP contribution in [0.4, 0.5) is 0 Å². The zero-order valence-electron chi connectivity index (χ0n) is 13.7. The van der Waals surface area contributed by atoms with E-state index in [2.05, 4.69) is 19.9 Å². The number of aromatic nitrogens is 4. The predicted molar refractivity (Wildman–Crippen MR) is 95.7 cm³/mol. The molecular formula is C19H18N4O. The van der Waals surface area contributed by atoms with Crippen LogP contribution >= 0.6 is 0 Å². The normalized spacial score (nSPS) is 9.58. The van der Waals surface area contributed by atoms with Crippen molar-refractivity contribution in [3.05, 3.63) is 72.3 Å². The lowest BCUT2D eigenvalue weighted by molar-refractivity contribution is -0.0979. The molecule has 0 aliphatic heterocycles. The predicted octanol–water partition coefficient (Wildman–Crippen LogP) is 3.69. The molecule has 120 valence electrons. The lowest BCUT2D eigenvalue weighted by atomic mass is 10.3. The average Bonchev–Trinajstić information content (AvgIpc) is 2.64. The van der Waals surface area contributed by atoms with Crippen molar-refractivity contribution in [2.75, 3.05) is 0 Å². The molecule has 2 heterocycles. The van der Waals surface area contributed by atoms with Gasteiger partial charge in [0.1, 0.15) is 6.79 Å². The summed E-state index contributed by atoms with van der Waals surface area (Å²) < 4.78 is 0. The number of benzene rings is 2. The van der Waals surface area contributed by atoms with Gasteiger partial charge in [0.2, 0.25) is 0 Å². The Hall–Kier alpha value is -3.21. The smallest absolute Gasteiger partial charge is 0.106 e. The maximum atomic E-state index is 8.00. The van der Waals surface area contributed by atoms with E-state index in [1.54, 1.807) is 12.4 Å². The fourth-order valence-corrected chi connectivity index (χ4v) is 2.10. The number of carbonyl (C=O) groups is 1. The van der Waals surface area contributed by atoms with Gasteiger partial charge in [-0.05, 0) is 38.1 Å². The van der Waals surface area contributed by atoms with Gasteiger partial charge in [-0.15, -0.1) is 0 Å². The highest BCUT2D eigenvalue weighted by Gasteiger charge is 1.93. The number of para-hydroxylation sites is 4. The van der Waals surface area contributed by atoms with Gasteiger partial charge >= 0.3 is 0 Å². The molecule has 5 nitrogen and oxygen atoms in total. The highest BCUT2D eigenvalue weighted by atomic mass is 16.1. The zero-order valence-corrected chi connectivity index (χ0v) is 13.7. The standard InChI is InChI=1S/2C9H8N2.CH2O/c2*1-7-6-10-8-4-2-3-5-9(8)11-7;1-2/h2*2-6H,1H3;1H2. The Labute approximate surface area is 140 Å². The summed E-state index contributed by atoms with van der Waals surface area (Å²) in [5.41, 5.74) is 5.77. The Kier molecular flexibility index (Phi) is 6.02. The molecule has 0 bridgehead atoms. The average molecular weight is 318 g/mol. The molecule has 4 rings (SSSR count). The first-order chi connectivity index (χ1) is 11.7. The fraction of sp³-hybridized carbons (Fsp3) is 0.105. The van der Waals surface area contributed by atoms with E-state index < -0.39 is 0 Å². The molecule has 4 aromatic rings. The number of fused-ring (bicyclic) bond motifs is 2. The van der Waals surface area contributed by atoms with Crippen molar-refractivity contribution in [1.29, 1.82) is 0 Å². The van der Waals surface area contributed by atoms with Crippen LogP contribution < -0.4 is 0 Å². The summed E-state index contributed by atoms with van der Waals surface area (Å²) in [4.78, 5) is 25.1. The minimum Gasteiger partial charge on any atom is -0.307 e. The van der Waals surface area contributed by atoms with Crippen LogP contribution in [0.3, 0.4) is 0 Å². The Morgan fingerprint density at radius 1 is 0.625 bits per heavy atom. The van der Waals surface area contributed by atoms with Crippen LogP contribution in [-0.2, 0) is 4.79 Å². The third-order valence-corrected chi connectivity index (χ3v) is 3.14. The summed E-state index contributed by atoms with van der Waals surface area (Å²) >= 11 is 0. The first-order valence-corrected chi connectivity index (χ1v) is 7.38. The minimum absolute atomic E-state index is 0.957. The van der Waals surface area contributed by atoms with Crippen LogP contribution in [0.25, 0.3) is 22.1 Å². The monoisotopic (exact) mass is 318 g/mol. The molecule has 0 amide bonds. The van der Waals surface area contributed by atoms with E-state index in [9.17, 15) is 0 Å². The van der Waals surface area contributed by atoms with E-state index in [4.69, 9.17) is 4.79 Å².